The van der Waals surface area contributed by atoms with Gasteiger partial charge in [0.2, 0.25) is 0 Å². The average Bonchev–Trinajstić information content (AvgIpc) is 2.99. The molecule has 0 fully saturated rings. The van der Waals surface area contributed by atoms with E-state index in [9.17, 15) is 9.59 Å². The molecule has 0 unspecified atom stereocenters. The summed E-state index contributed by atoms with van der Waals surface area (Å²) in [5, 5.41) is 9.74. The van der Waals surface area contributed by atoms with Crippen molar-refractivity contribution in [2.24, 2.45) is 7.05 Å². The Hall–Kier alpha value is -2.42. The molecule has 0 aromatic carbocycles. The van der Waals surface area contributed by atoms with Crippen LogP contribution >= 0.6 is 11.3 Å². The number of aldehydes is 1. The van der Waals surface area contributed by atoms with Crippen LogP contribution in [0, 0.1) is 0 Å². The first-order valence-electron chi connectivity index (χ1n) is 4.89. The van der Waals surface area contributed by atoms with Gasteiger partial charge in [0, 0.05) is 12.4 Å². The second-order valence-corrected chi connectivity index (χ2v) is 4.34. The van der Waals surface area contributed by atoms with Crippen LogP contribution in [0.5, 0.6) is 0 Å². The van der Waals surface area contributed by atoms with Gasteiger partial charge in [-0.25, -0.2) is 19.2 Å². The third-order valence-electron chi connectivity index (χ3n) is 2.34. The fourth-order valence-corrected chi connectivity index (χ4v) is 2.24. The van der Waals surface area contributed by atoms with Crippen molar-refractivity contribution in [3.8, 4) is 10.7 Å². The second kappa shape index (κ2) is 3.81. The van der Waals surface area contributed by atoms with Crippen LogP contribution in [0.1, 0.15) is 10.5 Å². The summed E-state index contributed by atoms with van der Waals surface area (Å²) in [5.74, 6) is 0. The van der Waals surface area contributed by atoms with E-state index in [4.69, 9.17) is 0 Å². The van der Waals surface area contributed by atoms with E-state index >= 15 is 0 Å². The quantitative estimate of drug-likeness (QED) is 0.591. The predicted molar refractivity (Wildman–Crippen MR) is 62.5 cm³/mol. The maximum absolute atomic E-state index is 11.7. The molecule has 8 nitrogen and oxygen atoms in total. The summed E-state index contributed by atoms with van der Waals surface area (Å²) >= 11 is 1.26. The Morgan fingerprint density at radius 3 is 3.00 bits per heavy atom. The van der Waals surface area contributed by atoms with Gasteiger partial charge in [-0.3, -0.25) is 4.79 Å². The van der Waals surface area contributed by atoms with Gasteiger partial charge in [-0.15, -0.1) is 16.4 Å². The number of carbonyl (C=O) groups excluding carboxylic acids is 1. The molecule has 18 heavy (non-hydrogen) atoms. The Labute approximate surface area is 104 Å². The van der Waals surface area contributed by atoms with Crippen molar-refractivity contribution in [1.29, 1.82) is 0 Å². The molecule has 0 spiro atoms. The molecule has 0 radical (unpaired) electrons. The molecule has 3 aromatic heterocycles. The Balaban J connectivity index is 2.27. The third-order valence-corrected chi connectivity index (χ3v) is 3.21. The summed E-state index contributed by atoms with van der Waals surface area (Å²) in [6.45, 7) is 0. The molecule has 0 aliphatic heterocycles. The maximum atomic E-state index is 11.7. The first-order valence-corrected chi connectivity index (χ1v) is 5.77. The van der Waals surface area contributed by atoms with Crippen LogP contribution in [0.4, 0.5) is 0 Å². The zero-order chi connectivity index (χ0) is 12.7. The van der Waals surface area contributed by atoms with Crippen molar-refractivity contribution in [1.82, 2.24) is 29.4 Å². The van der Waals surface area contributed by atoms with Crippen LogP contribution in [-0.2, 0) is 7.05 Å². The number of thiazole rings is 1. The summed E-state index contributed by atoms with van der Waals surface area (Å²) in [7, 11) is 1.50. The molecule has 9 heteroatoms. The molecular weight excluding hydrogens is 256 g/mol. The van der Waals surface area contributed by atoms with E-state index in [0.717, 1.165) is 4.68 Å². The molecular formula is C9H6N6O2S. The molecule has 0 amide bonds. The average molecular weight is 262 g/mol. The van der Waals surface area contributed by atoms with Gasteiger partial charge in [-0.1, -0.05) is 5.21 Å². The molecule has 0 bridgehead atoms. The van der Waals surface area contributed by atoms with Crippen molar-refractivity contribution in [3.05, 3.63) is 27.9 Å². The lowest BCUT2D eigenvalue weighted by atomic mass is 10.4. The lowest BCUT2D eigenvalue weighted by Gasteiger charge is -1.95. The normalized spacial score (nSPS) is 10.9. The summed E-state index contributed by atoms with van der Waals surface area (Å²) in [6.07, 6.45) is 2.02. The standard InChI is InChI=1S/C9H6N6O2S/c1-14-9(17)15-4-10-6(7(15)12-13-14)8-11-5(2-16)3-18-8/h2-4H,1H3. The molecule has 0 N–H and O–H groups in total. The summed E-state index contributed by atoms with van der Waals surface area (Å²) in [4.78, 5) is 30.5. The van der Waals surface area contributed by atoms with Crippen molar-refractivity contribution >= 4 is 23.3 Å². The topological polar surface area (TPSA) is 95.0 Å². The molecule has 3 aromatic rings. The van der Waals surface area contributed by atoms with Gasteiger partial charge >= 0.3 is 5.69 Å². The first kappa shape index (κ1) is 10.7. The number of hydrogen-bond acceptors (Lipinski definition) is 7. The van der Waals surface area contributed by atoms with E-state index in [1.807, 2.05) is 0 Å². The van der Waals surface area contributed by atoms with Gasteiger partial charge in [-0.05, 0) is 0 Å². The molecule has 90 valence electrons. The highest BCUT2D eigenvalue weighted by atomic mass is 32.1. The zero-order valence-electron chi connectivity index (χ0n) is 9.14. The van der Waals surface area contributed by atoms with Crippen molar-refractivity contribution in [3.63, 3.8) is 0 Å². The highest BCUT2D eigenvalue weighted by Crippen LogP contribution is 2.23. The predicted octanol–water partition coefficient (Wildman–Crippen LogP) is -0.241. The van der Waals surface area contributed by atoms with Crippen molar-refractivity contribution < 1.29 is 4.79 Å². The van der Waals surface area contributed by atoms with E-state index in [1.54, 1.807) is 5.38 Å². The lowest BCUT2D eigenvalue weighted by Crippen LogP contribution is -2.26. The first-order chi connectivity index (χ1) is 8.70. The van der Waals surface area contributed by atoms with E-state index in [0.29, 0.717) is 28.3 Å². The molecule has 0 aliphatic carbocycles. The number of aromatic nitrogens is 6. The number of nitrogens with zero attached hydrogens (tertiary/aromatic N) is 6. The van der Waals surface area contributed by atoms with Gasteiger partial charge in [0.15, 0.2) is 11.9 Å². The smallest absolute Gasteiger partial charge is 0.296 e. The minimum Gasteiger partial charge on any atom is -0.296 e. The van der Waals surface area contributed by atoms with Gasteiger partial charge in [0.1, 0.15) is 22.7 Å². The Morgan fingerprint density at radius 2 is 2.28 bits per heavy atom. The number of aryl methyl sites for hydroxylation is 1. The van der Waals surface area contributed by atoms with E-state index in [-0.39, 0.29) is 5.69 Å². The van der Waals surface area contributed by atoms with Crippen LogP contribution in [0.15, 0.2) is 16.5 Å². The number of rotatable bonds is 2. The fraction of sp³-hybridized carbons (Fsp3) is 0.111. The highest BCUT2D eigenvalue weighted by Gasteiger charge is 2.14. The molecule has 3 rings (SSSR count). The van der Waals surface area contributed by atoms with Crippen LogP contribution < -0.4 is 5.69 Å². The summed E-state index contributed by atoms with van der Waals surface area (Å²) < 4.78 is 2.39. The Bertz CT molecular complexity index is 801. The van der Waals surface area contributed by atoms with Gasteiger partial charge in [0.05, 0.1) is 0 Å². The van der Waals surface area contributed by atoms with Crippen molar-refractivity contribution in [2.45, 2.75) is 0 Å². The monoisotopic (exact) mass is 262 g/mol. The largest absolute Gasteiger partial charge is 0.352 e. The zero-order valence-corrected chi connectivity index (χ0v) is 9.96. The van der Waals surface area contributed by atoms with E-state index in [2.05, 4.69) is 20.3 Å². The van der Waals surface area contributed by atoms with Crippen LogP contribution in [0.2, 0.25) is 0 Å². The molecule has 0 atom stereocenters. The van der Waals surface area contributed by atoms with Gasteiger partial charge in [0.25, 0.3) is 0 Å². The van der Waals surface area contributed by atoms with Crippen LogP contribution in [0.25, 0.3) is 16.3 Å². The third kappa shape index (κ3) is 1.44. The maximum Gasteiger partial charge on any atom is 0.352 e. The molecule has 0 aliphatic rings. The SMILES string of the molecule is Cn1nnc2c(-c3nc(C=O)cs3)ncn2c1=O. The number of hydrogen-bond donors (Lipinski definition) is 0. The second-order valence-electron chi connectivity index (χ2n) is 3.48. The van der Waals surface area contributed by atoms with E-state index < -0.39 is 0 Å². The summed E-state index contributed by atoms with van der Waals surface area (Å²) in [6, 6.07) is 0. The number of imidazole rings is 1. The lowest BCUT2D eigenvalue weighted by molar-refractivity contribution is 0.111. The molecule has 0 saturated heterocycles. The minimum atomic E-state index is -0.342. The number of carbonyl (C=O) groups is 1. The molecule has 3 heterocycles. The fourth-order valence-electron chi connectivity index (χ4n) is 1.48. The Kier molecular flexibility index (Phi) is 2.27. The van der Waals surface area contributed by atoms with Gasteiger partial charge < -0.3 is 0 Å². The molecule has 0 saturated carbocycles. The van der Waals surface area contributed by atoms with Crippen LogP contribution in [-0.4, -0.2) is 35.6 Å². The van der Waals surface area contributed by atoms with Gasteiger partial charge in [-0.2, -0.15) is 4.68 Å². The van der Waals surface area contributed by atoms with E-state index in [1.165, 1.54) is 29.1 Å². The summed E-state index contributed by atoms with van der Waals surface area (Å²) in [5.41, 5.74) is 0.752. The Morgan fingerprint density at radius 1 is 1.44 bits per heavy atom. The number of fused-ring (bicyclic) bond motifs is 1. The minimum absolute atomic E-state index is 0.324. The highest BCUT2D eigenvalue weighted by molar-refractivity contribution is 7.13. The van der Waals surface area contributed by atoms with Crippen molar-refractivity contribution in [2.75, 3.05) is 0 Å². The van der Waals surface area contributed by atoms with Crippen LogP contribution in [0.3, 0.4) is 0 Å².